The average Bonchev–Trinajstić information content (AvgIpc) is 3.11. The molecule has 0 radical (unpaired) electrons. The van der Waals surface area contributed by atoms with E-state index < -0.39 is 5.54 Å². The van der Waals surface area contributed by atoms with Crippen LogP contribution in [0.2, 0.25) is 5.02 Å². The van der Waals surface area contributed by atoms with Crippen molar-refractivity contribution in [3.8, 4) is 0 Å². The van der Waals surface area contributed by atoms with Gasteiger partial charge in [0.25, 0.3) is 5.91 Å². The van der Waals surface area contributed by atoms with Crippen LogP contribution in [-0.2, 0) is 9.59 Å². The van der Waals surface area contributed by atoms with Crippen LogP contribution in [0.5, 0.6) is 0 Å². The zero-order valence-electron chi connectivity index (χ0n) is 18.5. The third kappa shape index (κ3) is 4.60. The number of carbonyl (C=O) groups is 2. The number of aromatic nitrogens is 1. The summed E-state index contributed by atoms with van der Waals surface area (Å²) in [6, 6.07) is 16.3. The number of hydrogen-bond acceptors (Lipinski definition) is 5. The fourth-order valence-corrected chi connectivity index (χ4v) is 3.83. The van der Waals surface area contributed by atoms with Gasteiger partial charge in [0, 0.05) is 47.0 Å². The Balaban J connectivity index is 1.73. The number of carbonyl (C=O) groups excluding carboxylic acids is 2. The van der Waals surface area contributed by atoms with Crippen LogP contribution in [0.15, 0.2) is 67.0 Å². The van der Waals surface area contributed by atoms with Crippen LogP contribution in [0.4, 0.5) is 17.1 Å². The Morgan fingerprint density at radius 3 is 2.39 bits per heavy atom. The summed E-state index contributed by atoms with van der Waals surface area (Å²) in [5.74, 6) is -0.417. The molecule has 1 aliphatic heterocycles. The topological polar surface area (TPSA) is 100 Å². The molecule has 2 heterocycles. The van der Waals surface area contributed by atoms with Crippen molar-refractivity contribution in [2.75, 3.05) is 22.6 Å². The van der Waals surface area contributed by atoms with Gasteiger partial charge in [0.15, 0.2) is 0 Å². The number of anilines is 3. The molecule has 4 rings (SSSR count). The third-order valence-electron chi connectivity index (χ3n) is 5.32. The number of pyridine rings is 1. The zero-order valence-corrected chi connectivity index (χ0v) is 19.3. The smallest absolute Gasteiger partial charge is 0.258 e. The fourth-order valence-electron chi connectivity index (χ4n) is 3.65. The van der Waals surface area contributed by atoms with Crippen molar-refractivity contribution in [2.24, 2.45) is 5.73 Å². The molecule has 0 aliphatic carbocycles. The van der Waals surface area contributed by atoms with Crippen molar-refractivity contribution in [3.63, 3.8) is 0 Å². The van der Waals surface area contributed by atoms with Gasteiger partial charge in [-0.05, 0) is 62.4 Å². The Morgan fingerprint density at radius 2 is 1.76 bits per heavy atom. The standard InChI is InChI=1S/C25H24ClN5O2/c1-25(2,27)24(33)31(3)18-7-5-17(6-8-18)29-22(15-10-12-28-13-11-15)21-19-9-4-16(26)14-20(19)30-23(21)32/h4-14,29H,27H2,1-3H3,(H,30,32)/b22-21-. The molecular formula is C25H24ClN5O2. The van der Waals surface area contributed by atoms with E-state index in [0.29, 0.717) is 27.7 Å². The van der Waals surface area contributed by atoms with E-state index in [9.17, 15) is 9.59 Å². The number of nitrogens with zero attached hydrogens (tertiary/aromatic N) is 2. The third-order valence-corrected chi connectivity index (χ3v) is 5.56. The van der Waals surface area contributed by atoms with Gasteiger partial charge in [0.1, 0.15) is 0 Å². The van der Waals surface area contributed by atoms with Crippen molar-refractivity contribution in [2.45, 2.75) is 19.4 Å². The van der Waals surface area contributed by atoms with E-state index in [0.717, 1.165) is 16.8 Å². The molecule has 0 bridgehead atoms. The summed E-state index contributed by atoms with van der Waals surface area (Å²) < 4.78 is 0. The first-order chi connectivity index (χ1) is 15.6. The number of nitrogens with one attached hydrogen (secondary N) is 2. The highest BCUT2D eigenvalue weighted by molar-refractivity contribution is 6.38. The Hall–Kier alpha value is -3.68. The lowest BCUT2D eigenvalue weighted by atomic mass is 10.0. The molecule has 4 N–H and O–H groups in total. The summed E-state index contributed by atoms with van der Waals surface area (Å²) in [4.78, 5) is 31.0. The molecule has 2 amide bonds. The maximum atomic E-state index is 12.9. The minimum absolute atomic E-state index is 0.194. The van der Waals surface area contributed by atoms with E-state index in [1.165, 1.54) is 4.90 Å². The molecule has 0 saturated heterocycles. The summed E-state index contributed by atoms with van der Waals surface area (Å²) >= 11 is 6.11. The number of hydrogen-bond donors (Lipinski definition) is 3. The Morgan fingerprint density at radius 1 is 1.09 bits per heavy atom. The largest absolute Gasteiger partial charge is 0.354 e. The van der Waals surface area contributed by atoms with Crippen molar-refractivity contribution < 1.29 is 9.59 Å². The van der Waals surface area contributed by atoms with E-state index in [2.05, 4.69) is 15.6 Å². The van der Waals surface area contributed by atoms with E-state index in [4.69, 9.17) is 17.3 Å². The number of nitrogens with two attached hydrogens (primary N) is 1. The first kappa shape index (κ1) is 22.5. The summed E-state index contributed by atoms with van der Waals surface area (Å²) in [5, 5.41) is 6.81. The molecule has 0 spiro atoms. The van der Waals surface area contributed by atoms with Crippen molar-refractivity contribution in [3.05, 3.63) is 83.1 Å². The average molecular weight is 462 g/mol. The normalized spacial score (nSPS) is 14.4. The van der Waals surface area contributed by atoms with Crippen LogP contribution in [0, 0.1) is 0 Å². The Kier molecular flexibility index (Phi) is 5.93. The molecule has 1 aromatic heterocycles. The molecule has 3 aromatic rings. The van der Waals surface area contributed by atoms with Gasteiger partial charge in [-0.1, -0.05) is 17.7 Å². The van der Waals surface area contributed by atoms with Gasteiger partial charge in [-0.25, -0.2) is 0 Å². The SMILES string of the molecule is CN(C(=O)C(C)(C)N)c1ccc(N/C(=C2\C(=O)Nc3cc(Cl)ccc32)c2ccncc2)cc1. The number of amides is 2. The number of fused-ring (bicyclic) bond motifs is 1. The fraction of sp³-hybridized carbons (Fsp3) is 0.160. The highest BCUT2D eigenvalue weighted by atomic mass is 35.5. The lowest BCUT2D eigenvalue weighted by Crippen LogP contribution is -2.49. The van der Waals surface area contributed by atoms with Gasteiger partial charge in [-0.3, -0.25) is 14.6 Å². The molecule has 2 aromatic carbocycles. The molecule has 7 nitrogen and oxygen atoms in total. The second kappa shape index (κ2) is 8.69. The molecule has 168 valence electrons. The van der Waals surface area contributed by atoms with Crippen LogP contribution in [-0.4, -0.2) is 29.4 Å². The molecule has 0 saturated carbocycles. The highest BCUT2D eigenvalue weighted by Crippen LogP contribution is 2.38. The first-order valence-electron chi connectivity index (χ1n) is 10.4. The second-order valence-corrected chi connectivity index (χ2v) is 8.82. The lowest BCUT2D eigenvalue weighted by Gasteiger charge is -2.26. The van der Waals surface area contributed by atoms with Gasteiger partial charge >= 0.3 is 0 Å². The molecule has 8 heteroatoms. The van der Waals surface area contributed by atoms with E-state index in [1.54, 1.807) is 45.4 Å². The van der Waals surface area contributed by atoms with Crippen molar-refractivity contribution in [1.29, 1.82) is 0 Å². The van der Waals surface area contributed by atoms with Gasteiger partial charge < -0.3 is 21.3 Å². The second-order valence-electron chi connectivity index (χ2n) is 8.39. The highest BCUT2D eigenvalue weighted by Gasteiger charge is 2.29. The van der Waals surface area contributed by atoms with Gasteiger partial charge in [-0.15, -0.1) is 0 Å². The molecule has 0 atom stereocenters. The van der Waals surface area contributed by atoms with E-state index >= 15 is 0 Å². The van der Waals surface area contributed by atoms with Gasteiger partial charge in [0.05, 0.1) is 22.5 Å². The predicted octanol–water partition coefficient (Wildman–Crippen LogP) is 4.37. The van der Waals surface area contributed by atoms with Crippen molar-refractivity contribution in [1.82, 2.24) is 4.98 Å². The Labute approximate surface area is 197 Å². The van der Waals surface area contributed by atoms with E-state index in [-0.39, 0.29) is 11.8 Å². The molecule has 33 heavy (non-hydrogen) atoms. The van der Waals surface area contributed by atoms with E-state index in [1.807, 2.05) is 42.5 Å². The van der Waals surface area contributed by atoms with Crippen LogP contribution < -0.4 is 21.3 Å². The van der Waals surface area contributed by atoms with Crippen LogP contribution in [0.3, 0.4) is 0 Å². The molecular weight excluding hydrogens is 438 g/mol. The summed E-state index contributed by atoms with van der Waals surface area (Å²) in [5.41, 5.74) is 9.80. The number of halogens is 1. The van der Waals surface area contributed by atoms with Gasteiger partial charge in [-0.2, -0.15) is 0 Å². The summed E-state index contributed by atoms with van der Waals surface area (Å²) in [6.07, 6.45) is 3.34. The quantitative estimate of drug-likeness (QED) is 0.490. The minimum Gasteiger partial charge on any atom is -0.354 e. The van der Waals surface area contributed by atoms with Crippen LogP contribution >= 0.6 is 11.6 Å². The molecule has 0 unspecified atom stereocenters. The maximum absolute atomic E-state index is 12.9. The summed E-state index contributed by atoms with van der Waals surface area (Å²) in [6.45, 7) is 3.35. The number of likely N-dealkylation sites (N-methyl/N-ethyl adjacent to an activating group) is 1. The zero-order chi connectivity index (χ0) is 23.8. The molecule has 0 fully saturated rings. The maximum Gasteiger partial charge on any atom is 0.258 e. The van der Waals surface area contributed by atoms with Crippen molar-refractivity contribution >= 4 is 51.7 Å². The summed E-state index contributed by atoms with van der Waals surface area (Å²) in [7, 11) is 1.69. The number of rotatable bonds is 5. The predicted molar refractivity (Wildman–Crippen MR) is 133 cm³/mol. The van der Waals surface area contributed by atoms with Crippen LogP contribution in [0.1, 0.15) is 25.0 Å². The number of benzene rings is 2. The molecule has 1 aliphatic rings. The van der Waals surface area contributed by atoms with Crippen LogP contribution in [0.25, 0.3) is 11.3 Å². The monoisotopic (exact) mass is 461 g/mol. The first-order valence-corrected chi connectivity index (χ1v) is 10.7. The minimum atomic E-state index is -0.975. The van der Waals surface area contributed by atoms with Gasteiger partial charge in [0.2, 0.25) is 5.91 Å². The lowest BCUT2D eigenvalue weighted by molar-refractivity contribution is -0.122. The Bertz CT molecular complexity index is 1250.